The predicted octanol–water partition coefficient (Wildman–Crippen LogP) is 3.57. The molecule has 0 aromatic carbocycles. The first kappa shape index (κ1) is 18.6. The molecule has 0 aliphatic carbocycles. The smallest absolute Gasteiger partial charge is 0.158 e. The summed E-state index contributed by atoms with van der Waals surface area (Å²) in [5.74, 6) is 0. The van der Waals surface area contributed by atoms with Crippen molar-refractivity contribution in [2.24, 2.45) is 0 Å². The fraction of sp³-hybridized carbons (Fsp3) is 0.909. The molecule has 0 bridgehead atoms. The minimum atomic E-state index is -0.127. The van der Waals surface area contributed by atoms with Crippen LogP contribution in [0.4, 0.5) is 0 Å². The van der Waals surface area contributed by atoms with Gasteiger partial charge in [-0.1, -0.05) is 0 Å². The average Bonchev–Trinajstić information content (AvgIpc) is 2.18. The first-order valence-electron chi connectivity index (χ1n) is 5.71. The van der Waals surface area contributed by atoms with Crippen LogP contribution in [-0.2, 0) is 0 Å². The molecule has 0 aromatic rings. The molecule has 0 aromatic heterocycles. The Balaban J connectivity index is 0. The molecule has 0 saturated heterocycles. The van der Waals surface area contributed by atoms with Gasteiger partial charge in [-0.05, 0) is 12.2 Å². The maximum atomic E-state index is 8.12. The van der Waals surface area contributed by atoms with Crippen molar-refractivity contribution in [3.8, 4) is 0 Å². The maximum Gasteiger partial charge on any atom is 0.158 e. The summed E-state index contributed by atoms with van der Waals surface area (Å²) in [5.41, 5.74) is 0. The summed E-state index contributed by atoms with van der Waals surface area (Å²) in [6, 6.07) is 0. The van der Waals surface area contributed by atoms with Gasteiger partial charge in [0.1, 0.15) is 0 Å². The first-order chi connectivity index (χ1) is 7.18. The van der Waals surface area contributed by atoms with Gasteiger partial charge in [0, 0.05) is 6.42 Å². The summed E-state index contributed by atoms with van der Waals surface area (Å²) in [6.45, 7) is 2.21. The normalized spacial score (nSPS) is 9.13. The third-order valence-corrected chi connectivity index (χ3v) is 3.40. The summed E-state index contributed by atoms with van der Waals surface area (Å²) < 4.78 is 1.53. The second kappa shape index (κ2) is 17.6. The number of thiocarbonyl (C=S) groups is 1. The topological polar surface area (TPSA) is 40.5 Å². The predicted molar refractivity (Wildman–Crippen MR) is 65.1 cm³/mol. The van der Waals surface area contributed by atoms with Crippen molar-refractivity contribution >= 4 is 17.3 Å². The zero-order valence-corrected chi connectivity index (χ0v) is 14.3. The van der Waals surface area contributed by atoms with Gasteiger partial charge in [0.2, 0.25) is 0 Å². The molecule has 2 nitrogen and oxygen atoms in total. The van der Waals surface area contributed by atoms with E-state index in [2.05, 4.69) is 19.1 Å². The molecule has 0 heterocycles. The molecule has 15 heavy (non-hydrogen) atoms. The van der Waals surface area contributed by atoms with Crippen molar-refractivity contribution in [3.05, 3.63) is 0 Å². The van der Waals surface area contributed by atoms with Gasteiger partial charge in [-0.15, -0.1) is 0 Å². The molecular weight excluding hydrogens is 337 g/mol. The van der Waals surface area contributed by atoms with Crippen LogP contribution in [0.3, 0.4) is 0 Å². The van der Waals surface area contributed by atoms with Crippen molar-refractivity contribution in [3.63, 3.8) is 0 Å². The summed E-state index contributed by atoms with van der Waals surface area (Å²) in [5, 5.41) is 16.0. The SMILES string of the molecule is CCCCCCC[CH2][Pr].OCCC(O)=S. The Morgan fingerprint density at radius 2 is 1.67 bits per heavy atom. The Labute approximate surface area is 126 Å². The Morgan fingerprint density at radius 3 is 2.00 bits per heavy atom. The van der Waals surface area contributed by atoms with Crippen molar-refractivity contribution in [2.75, 3.05) is 6.61 Å². The quantitative estimate of drug-likeness (QED) is 0.514. The summed E-state index contributed by atoms with van der Waals surface area (Å²) in [7, 11) is 0. The number of hydrogen-bond acceptors (Lipinski definition) is 2. The summed E-state index contributed by atoms with van der Waals surface area (Å²) in [4.78, 5) is 0. The van der Waals surface area contributed by atoms with Gasteiger partial charge in [0.25, 0.3) is 0 Å². The van der Waals surface area contributed by atoms with Crippen LogP contribution in [0.5, 0.6) is 0 Å². The molecule has 88 valence electrons. The molecule has 2 N–H and O–H groups in total. The van der Waals surface area contributed by atoms with Gasteiger partial charge in [-0.25, -0.2) is 0 Å². The third kappa shape index (κ3) is 25.5. The van der Waals surface area contributed by atoms with Crippen LogP contribution in [0.1, 0.15) is 51.9 Å². The standard InChI is InChI=1S/C8H17.C3H6O2S.Pr/c1-3-5-7-8-6-4-2;4-2-1-3(5)6;/h1,3-8H2,2H3;4H,1-2H2,(H,5,6);. The number of hydrogen-bond donors (Lipinski definition) is 2. The molecule has 0 saturated carbocycles. The molecule has 0 radical (unpaired) electrons. The van der Waals surface area contributed by atoms with E-state index in [-0.39, 0.29) is 18.1 Å². The molecular formula is C11H23O2PrS. The van der Waals surface area contributed by atoms with Crippen LogP contribution in [0.2, 0.25) is 2.00 Å². The van der Waals surface area contributed by atoms with Gasteiger partial charge in [0.05, 0.1) is 6.61 Å². The zero-order chi connectivity index (χ0) is 11.9. The molecule has 0 aliphatic heterocycles. The van der Waals surface area contributed by atoms with E-state index in [1.807, 2.05) is 0 Å². The van der Waals surface area contributed by atoms with Gasteiger partial charge < -0.3 is 10.2 Å². The van der Waals surface area contributed by atoms with Crippen LogP contribution in [0.25, 0.3) is 0 Å². The molecule has 0 unspecified atom stereocenters. The van der Waals surface area contributed by atoms with Crippen molar-refractivity contribution in [2.45, 2.75) is 53.9 Å². The Morgan fingerprint density at radius 1 is 1.13 bits per heavy atom. The van der Waals surface area contributed by atoms with E-state index in [0.717, 1.165) is 0 Å². The Hall–Kier alpha value is 1.21. The Kier molecular flexibility index (Phi) is 21.8. The summed E-state index contributed by atoms with van der Waals surface area (Å²) >= 11 is 5.43. The van der Waals surface area contributed by atoms with Crippen LogP contribution in [0, 0.1) is 39.2 Å². The molecule has 0 spiro atoms. The summed E-state index contributed by atoms with van der Waals surface area (Å²) in [6.07, 6.45) is 9.01. The minimum Gasteiger partial charge on any atom is -0.502 e. The molecule has 0 amide bonds. The second-order valence-electron chi connectivity index (χ2n) is 3.42. The van der Waals surface area contributed by atoms with E-state index in [9.17, 15) is 0 Å². The van der Waals surface area contributed by atoms with E-state index in [0.29, 0.717) is 0 Å². The van der Waals surface area contributed by atoms with Crippen LogP contribution >= 0.6 is 12.2 Å². The fourth-order valence-electron chi connectivity index (χ4n) is 1.02. The maximum absolute atomic E-state index is 8.12. The molecule has 4 heteroatoms. The molecule has 0 fully saturated rings. The minimum absolute atomic E-state index is 0.0602. The van der Waals surface area contributed by atoms with E-state index < -0.39 is 0 Å². The van der Waals surface area contributed by atoms with Crippen molar-refractivity contribution in [1.29, 1.82) is 0 Å². The second-order valence-corrected chi connectivity index (χ2v) is 5.75. The van der Waals surface area contributed by atoms with Crippen molar-refractivity contribution in [1.82, 2.24) is 0 Å². The number of aliphatic hydroxyl groups is 2. The fourth-order valence-corrected chi connectivity index (χ4v) is 2.04. The molecule has 0 atom stereocenters. The van der Waals surface area contributed by atoms with Gasteiger partial charge in [-0.2, -0.15) is 0 Å². The molecule has 0 rings (SSSR count). The average molecular weight is 360 g/mol. The van der Waals surface area contributed by atoms with Crippen LogP contribution in [-0.4, -0.2) is 21.9 Å². The Bertz CT molecular complexity index is 126. The van der Waals surface area contributed by atoms with Crippen molar-refractivity contribution < 1.29 is 49.4 Å². The van der Waals surface area contributed by atoms with Gasteiger partial charge in [-0.3, -0.25) is 0 Å². The van der Waals surface area contributed by atoms with E-state index >= 15 is 0 Å². The van der Waals surface area contributed by atoms with Gasteiger partial charge in [0.15, 0.2) is 5.05 Å². The van der Waals surface area contributed by atoms with Crippen LogP contribution in [0.15, 0.2) is 0 Å². The zero-order valence-electron chi connectivity index (χ0n) is 9.74. The largest absolute Gasteiger partial charge is 0.502 e. The third-order valence-electron chi connectivity index (χ3n) is 1.88. The van der Waals surface area contributed by atoms with E-state index in [1.165, 1.54) is 79.7 Å². The van der Waals surface area contributed by atoms with Gasteiger partial charge >= 0.3 is 86.7 Å². The number of unbranched alkanes of at least 4 members (excludes halogenated alkanes) is 5. The number of rotatable bonds is 8. The van der Waals surface area contributed by atoms with E-state index in [1.54, 1.807) is 0 Å². The number of aliphatic hydroxyl groups excluding tert-OH is 2. The van der Waals surface area contributed by atoms with E-state index in [4.69, 9.17) is 10.2 Å². The first-order valence-corrected chi connectivity index (χ1v) is 8.74. The molecule has 0 aliphatic rings. The van der Waals surface area contributed by atoms with Crippen LogP contribution < -0.4 is 0 Å². The monoisotopic (exact) mass is 360 g/mol.